The molecule has 0 aliphatic carbocycles. The van der Waals surface area contributed by atoms with E-state index in [0.29, 0.717) is 44.3 Å². The molecular formula is C29H36O9S4. The van der Waals surface area contributed by atoms with Gasteiger partial charge < -0.3 is 25.2 Å². The topological polar surface area (TPSA) is 158 Å². The summed E-state index contributed by atoms with van der Waals surface area (Å²) in [5.74, 6) is -5.27. The van der Waals surface area contributed by atoms with Crippen LogP contribution in [0.15, 0.2) is 39.2 Å². The van der Waals surface area contributed by atoms with E-state index in [1.165, 1.54) is 0 Å². The van der Waals surface area contributed by atoms with Crippen LogP contribution in [0.3, 0.4) is 0 Å². The van der Waals surface area contributed by atoms with Crippen molar-refractivity contribution >= 4 is 70.9 Å². The van der Waals surface area contributed by atoms with Crippen LogP contribution in [0.1, 0.15) is 84.1 Å². The second-order valence-electron chi connectivity index (χ2n) is 9.94. The van der Waals surface area contributed by atoms with Gasteiger partial charge in [-0.2, -0.15) is 0 Å². The van der Waals surface area contributed by atoms with Gasteiger partial charge in [0.1, 0.15) is 5.75 Å². The summed E-state index contributed by atoms with van der Waals surface area (Å²) in [4.78, 5) is 50.2. The fourth-order valence-electron chi connectivity index (χ4n) is 4.69. The average Bonchev–Trinajstić information content (AvgIpc) is 3.53. The van der Waals surface area contributed by atoms with E-state index >= 15 is 0 Å². The number of hydrogen-bond acceptors (Lipinski definition) is 9. The highest BCUT2D eigenvalue weighted by atomic mass is 32.2. The summed E-state index contributed by atoms with van der Waals surface area (Å²) < 4.78 is 6.55. The number of carboxylic acids is 4. The number of benzene rings is 1. The largest absolute Gasteiger partial charge is 0.491 e. The summed E-state index contributed by atoms with van der Waals surface area (Å²) in [6.45, 7) is 6.73. The summed E-state index contributed by atoms with van der Waals surface area (Å²) in [7, 11) is 0. The first-order chi connectivity index (χ1) is 20.0. The normalized spacial score (nSPS) is 14.4. The van der Waals surface area contributed by atoms with Crippen molar-refractivity contribution in [2.75, 3.05) is 6.61 Å². The minimum absolute atomic E-state index is 0.131. The van der Waals surface area contributed by atoms with Crippen LogP contribution >= 0.6 is 47.0 Å². The van der Waals surface area contributed by atoms with E-state index in [4.69, 9.17) is 4.74 Å². The Labute approximate surface area is 262 Å². The number of thioether (sulfide) groups is 4. The molecule has 1 aromatic carbocycles. The van der Waals surface area contributed by atoms with Gasteiger partial charge in [-0.3, -0.25) is 0 Å². The third-order valence-corrected chi connectivity index (χ3v) is 12.3. The molecule has 0 fully saturated rings. The molecule has 1 aromatic rings. The molecule has 0 amide bonds. The zero-order valence-corrected chi connectivity index (χ0v) is 27.1. The number of carboxylic acid groups (broad SMARTS) is 4. The zero-order chi connectivity index (χ0) is 31.0. The molecule has 0 spiro atoms. The van der Waals surface area contributed by atoms with Crippen molar-refractivity contribution in [3.05, 3.63) is 25.2 Å². The van der Waals surface area contributed by atoms with Gasteiger partial charge in [-0.1, -0.05) is 113 Å². The minimum atomic E-state index is -1.53. The number of rotatable bonds is 17. The Morgan fingerprint density at radius 1 is 0.643 bits per heavy atom. The van der Waals surface area contributed by atoms with Gasteiger partial charge in [0.15, 0.2) is 11.1 Å². The first-order valence-electron chi connectivity index (χ1n) is 14.0. The lowest BCUT2D eigenvalue weighted by Gasteiger charge is -2.20. The van der Waals surface area contributed by atoms with Crippen LogP contribution < -0.4 is 4.74 Å². The fraction of sp³-hybridized carbons (Fsp3) is 0.517. The minimum Gasteiger partial charge on any atom is -0.491 e. The number of ether oxygens (including phenoxy) is 1. The third kappa shape index (κ3) is 8.03. The van der Waals surface area contributed by atoms with Crippen molar-refractivity contribution in [2.45, 2.75) is 105 Å². The summed E-state index contributed by atoms with van der Waals surface area (Å²) in [5, 5.41) is 38.7. The van der Waals surface area contributed by atoms with Crippen molar-refractivity contribution in [1.29, 1.82) is 0 Å². The van der Waals surface area contributed by atoms with Crippen LogP contribution in [0.2, 0.25) is 0 Å². The van der Waals surface area contributed by atoms with Crippen LogP contribution in [-0.2, 0) is 25.6 Å². The van der Waals surface area contributed by atoms with Gasteiger partial charge in [-0.15, -0.1) is 0 Å². The molecule has 4 N–H and O–H groups in total. The Kier molecular flexibility index (Phi) is 13.1. The van der Waals surface area contributed by atoms with Gasteiger partial charge in [0.05, 0.1) is 24.9 Å². The molecule has 1 atom stereocenters. The Balaban J connectivity index is 2.20. The number of hydrogen-bond donors (Lipinski definition) is 4. The molecule has 1 unspecified atom stereocenters. The van der Waals surface area contributed by atoms with Gasteiger partial charge >= 0.3 is 23.9 Å². The fourth-order valence-corrected chi connectivity index (χ4v) is 10.5. The molecule has 13 heteroatoms. The van der Waals surface area contributed by atoms with Gasteiger partial charge in [0.2, 0.25) is 0 Å². The predicted molar refractivity (Wildman–Crippen MR) is 166 cm³/mol. The van der Waals surface area contributed by atoms with Crippen molar-refractivity contribution in [3.8, 4) is 5.75 Å². The standard InChI is InChI=1S/C29H36O9S4/c1-4-7-9-10-14-38-19-22-20(39-28(41-22)17(24(30)31)25(32)33)16(13-12-15(6-3)11-8-5-2)21-23(19)42-29(40-21)18(26(34)35)27(36)37/h15H,4-14H2,1-3H3,(H,30,31)(H,32,33)(H,34,35)(H,36,37). The molecule has 2 aliphatic heterocycles. The van der Waals surface area contributed by atoms with E-state index in [-0.39, 0.29) is 8.47 Å². The lowest BCUT2D eigenvalue weighted by Crippen LogP contribution is -2.12. The van der Waals surface area contributed by atoms with Gasteiger partial charge in [-0.25, -0.2) is 19.2 Å². The number of aliphatic carboxylic acids is 4. The molecule has 230 valence electrons. The second-order valence-corrected chi connectivity index (χ2v) is 14.5. The Hall–Kier alpha value is -2.22. The van der Waals surface area contributed by atoms with Crippen molar-refractivity contribution in [1.82, 2.24) is 0 Å². The molecule has 0 radical (unpaired) electrons. The lowest BCUT2D eigenvalue weighted by atomic mass is 9.92. The summed E-state index contributed by atoms with van der Waals surface area (Å²) >= 11 is 4.24. The molecule has 0 aromatic heterocycles. The van der Waals surface area contributed by atoms with Crippen molar-refractivity contribution in [3.63, 3.8) is 0 Å². The smallest absolute Gasteiger partial charge is 0.344 e. The van der Waals surface area contributed by atoms with Gasteiger partial charge in [0.25, 0.3) is 0 Å². The van der Waals surface area contributed by atoms with Crippen molar-refractivity contribution in [2.24, 2.45) is 5.92 Å². The SMILES string of the molecule is CCCCCCOc1c2c(c(CCC(CC)CCCC)c3c1SC(=C(C(=O)O)C(=O)O)S3)SC(=C(C(=O)O)C(=O)O)S2. The maximum Gasteiger partial charge on any atom is 0.344 e. The van der Waals surface area contributed by atoms with Crippen LogP contribution in [0, 0.1) is 5.92 Å². The summed E-state index contributed by atoms with van der Waals surface area (Å²) in [6.07, 6.45) is 9.41. The Morgan fingerprint density at radius 2 is 1.12 bits per heavy atom. The van der Waals surface area contributed by atoms with Gasteiger partial charge in [0, 0.05) is 9.79 Å². The van der Waals surface area contributed by atoms with Gasteiger partial charge in [-0.05, 0) is 30.7 Å². The van der Waals surface area contributed by atoms with Crippen LogP contribution in [0.25, 0.3) is 0 Å². The maximum absolute atomic E-state index is 11.9. The second kappa shape index (κ2) is 16.0. The molecule has 0 saturated heterocycles. The highest BCUT2D eigenvalue weighted by molar-refractivity contribution is 8.26. The molecule has 0 saturated carbocycles. The summed E-state index contributed by atoms with van der Waals surface area (Å²) in [5.41, 5.74) is -0.579. The van der Waals surface area contributed by atoms with Crippen molar-refractivity contribution < 1.29 is 44.3 Å². The van der Waals surface area contributed by atoms with E-state index in [9.17, 15) is 39.6 Å². The zero-order valence-electron chi connectivity index (χ0n) is 23.8. The molecular weight excluding hydrogens is 621 g/mol. The Bertz CT molecular complexity index is 1190. The van der Waals surface area contributed by atoms with Crippen LogP contribution in [-0.4, -0.2) is 50.9 Å². The predicted octanol–water partition coefficient (Wildman–Crippen LogP) is 7.95. The average molecular weight is 657 g/mol. The molecule has 9 nitrogen and oxygen atoms in total. The van der Waals surface area contributed by atoms with Crippen LogP contribution in [0.4, 0.5) is 0 Å². The molecule has 2 heterocycles. The van der Waals surface area contributed by atoms with E-state index in [0.717, 1.165) is 110 Å². The van der Waals surface area contributed by atoms with Crippen LogP contribution in [0.5, 0.6) is 5.75 Å². The number of carbonyl (C=O) groups is 4. The molecule has 2 aliphatic rings. The number of fused-ring (bicyclic) bond motifs is 2. The lowest BCUT2D eigenvalue weighted by molar-refractivity contribution is -0.142. The molecule has 3 rings (SSSR count). The third-order valence-electron chi connectivity index (χ3n) is 7.01. The first-order valence-corrected chi connectivity index (χ1v) is 17.3. The monoisotopic (exact) mass is 656 g/mol. The molecule has 0 bridgehead atoms. The van der Waals surface area contributed by atoms with E-state index in [1.807, 2.05) is 0 Å². The Morgan fingerprint density at radius 3 is 1.55 bits per heavy atom. The molecule has 42 heavy (non-hydrogen) atoms. The first kappa shape index (κ1) is 34.3. The van der Waals surface area contributed by atoms with E-state index in [2.05, 4.69) is 20.8 Å². The quantitative estimate of drug-likeness (QED) is 0.0554. The summed E-state index contributed by atoms with van der Waals surface area (Å²) in [6, 6.07) is 0. The maximum atomic E-state index is 11.9. The number of unbranched alkanes of at least 4 members (excludes halogenated alkanes) is 4. The highest BCUT2D eigenvalue weighted by Crippen LogP contribution is 2.66. The highest BCUT2D eigenvalue weighted by Gasteiger charge is 2.40. The van der Waals surface area contributed by atoms with E-state index in [1.54, 1.807) is 0 Å². The van der Waals surface area contributed by atoms with E-state index < -0.39 is 35.0 Å².